The van der Waals surface area contributed by atoms with E-state index < -0.39 is 61.2 Å². The van der Waals surface area contributed by atoms with Crippen LogP contribution < -0.4 is 19.9 Å². The second-order valence-electron chi connectivity index (χ2n) is 20.2. The number of benzene rings is 3. The lowest BCUT2D eigenvalue weighted by Gasteiger charge is -2.45. The number of esters is 1. The molecule has 1 unspecified atom stereocenters. The van der Waals surface area contributed by atoms with E-state index in [0.717, 1.165) is 18.6 Å². The fourth-order valence-electron chi connectivity index (χ4n) is 10.4. The van der Waals surface area contributed by atoms with Gasteiger partial charge in [0.1, 0.15) is 11.5 Å². The number of rotatable bonds is 15. The van der Waals surface area contributed by atoms with Gasteiger partial charge in [-0.25, -0.2) is 9.46 Å². The Hall–Kier alpha value is -5.22. The van der Waals surface area contributed by atoms with E-state index in [1.54, 1.807) is 13.8 Å². The first-order chi connectivity index (χ1) is 34.4. The Bertz CT molecular complexity index is 2790. The zero-order chi connectivity index (χ0) is 54.8. The molecule has 3 aromatic rings. The average molecular weight is 1090 g/mol. The van der Waals surface area contributed by atoms with E-state index in [2.05, 4.69) is 16.1 Å². The minimum absolute atomic E-state index is 0.0365. The molecule has 3 aromatic carbocycles. The number of hydrogen-bond donors (Lipinski definition) is 1. The Morgan fingerprint density at radius 3 is 1.74 bits per heavy atom. The number of alkyl halides is 6. The van der Waals surface area contributed by atoms with Crippen molar-refractivity contribution in [3.63, 3.8) is 0 Å². The number of ether oxygens (including phenoxy) is 2. The number of nitriles is 1. The molecule has 4 heterocycles. The summed E-state index contributed by atoms with van der Waals surface area (Å²) in [5.74, 6) is -6.74. The molecule has 0 aliphatic carbocycles. The maximum atomic E-state index is 14.4. The Balaban J connectivity index is 1.28. The molecular formula is C52H56Cl2F6N5O8P. The Morgan fingerprint density at radius 2 is 1.27 bits per heavy atom. The molecule has 0 bridgehead atoms. The van der Waals surface area contributed by atoms with Gasteiger partial charge in [0.25, 0.3) is 14.4 Å². The quantitative estimate of drug-likeness (QED) is 0.0674. The lowest BCUT2D eigenvalue weighted by Crippen LogP contribution is -2.54. The van der Waals surface area contributed by atoms with Crippen LogP contribution in [0.4, 0.5) is 37.7 Å². The number of anilines is 2. The summed E-state index contributed by atoms with van der Waals surface area (Å²) >= 11 is 14.2. The van der Waals surface area contributed by atoms with Crippen molar-refractivity contribution in [1.29, 1.82) is 5.26 Å². The summed E-state index contributed by atoms with van der Waals surface area (Å²) in [5.41, 5.74) is -5.59. The summed E-state index contributed by atoms with van der Waals surface area (Å²) in [7, 11) is -1.40. The fourth-order valence-corrected chi connectivity index (χ4v) is 12.6. The smallest absolute Gasteiger partial charge is 0.456 e. The standard InChI is InChI=1S/C52H56Cl2F6N5O8P/c1-27(2)65(28(3)4)74(71-19-15-16-61)70-18-14-12-11-13-17-62-44(66)33-22-36(53)41-42(43(33)54)50(73-45(41)67)34-20-31-29(5)25-48(7,8)63(46(68)51(55,56)57)37(31)23-39(34)72-40-24-38-32(21-35(40)50)30(6)26-49(9,10)64(38)47(69)52(58,59)60/h20-28H,11-15,17-19H2,1-10H3,(H,62,66). The van der Waals surface area contributed by atoms with Crippen LogP contribution in [-0.4, -0.2) is 83.6 Å². The highest BCUT2D eigenvalue weighted by atomic mass is 35.5. The van der Waals surface area contributed by atoms with Crippen molar-refractivity contribution in [2.45, 2.75) is 142 Å². The van der Waals surface area contributed by atoms with Gasteiger partial charge in [-0.1, -0.05) is 48.2 Å². The average Bonchev–Trinajstić information content (AvgIpc) is 3.59. The van der Waals surface area contributed by atoms with Gasteiger partial charge in [0, 0.05) is 58.6 Å². The number of nitrogens with zero attached hydrogens (tertiary/aromatic N) is 4. The van der Waals surface area contributed by atoms with Gasteiger partial charge in [0.2, 0.25) is 0 Å². The second-order valence-corrected chi connectivity index (χ2v) is 22.4. The number of allylic oxidation sites excluding steroid dienone is 2. The van der Waals surface area contributed by atoms with Crippen molar-refractivity contribution < 1.29 is 64.0 Å². The first kappa shape index (κ1) is 56.5. The van der Waals surface area contributed by atoms with Gasteiger partial charge >= 0.3 is 30.1 Å². The van der Waals surface area contributed by atoms with E-state index in [-0.39, 0.29) is 104 Å². The van der Waals surface area contributed by atoms with Crippen LogP contribution in [0.1, 0.15) is 150 Å². The van der Waals surface area contributed by atoms with E-state index >= 15 is 0 Å². The largest absolute Gasteiger partial charge is 0.471 e. The highest BCUT2D eigenvalue weighted by Gasteiger charge is 2.59. The Kier molecular flexibility index (Phi) is 15.8. The summed E-state index contributed by atoms with van der Waals surface area (Å²) in [6.45, 7) is 17.9. The van der Waals surface area contributed by atoms with Crippen molar-refractivity contribution >= 4 is 77.9 Å². The first-order valence-corrected chi connectivity index (χ1v) is 25.8. The van der Waals surface area contributed by atoms with Crippen molar-refractivity contribution in [3.8, 4) is 17.6 Å². The molecule has 0 radical (unpaired) electrons. The molecule has 1 spiro atoms. The number of fused-ring (bicyclic) bond motifs is 8. The van der Waals surface area contributed by atoms with Gasteiger partial charge < -0.3 is 23.8 Å². The molecule has 398 valence electrons. The number of nitrogens with one attached hydrogen (secondary N) is 1. The zero-order valence-electron chi connectivity index (χ0n) is 42.4. The molecule has 4 aliphatic heterocycles. The summed E-state index contributed by atoms with van der Waals surface area (Å²) in [5, 5.41) is 11.3. The zero-order valence-corrected chi connectivity index (χ0v) is 44.8. The molecule has 13 nitrogen and oxygen atoms in total. The molecule has 0 saturated heterocycles. The fraction of sp³-hybridized carbons (Fsp3) is 0.481. The topological polar surface area (TPSA) is 151 Å². The normalized spacial score (nSPS) is 17.4. The maximum Gasteiger partial charge on any atom is 0.471 e. The van der Waals surface area contributed by atoms with Gasteiger partial charge in [0.15, 0.2) is 5.60 Å². The summed E-state index contributed by atoms with van der Waals surface area (Å²) in [6.07, 6.45) is -4.87. The molecular weight excluding hydrogens is 1040 g/mol. The van der Waals surface area contributed by atoms with Crippen LogP contribution in [0, 0.1) is 11.3 Å². The van der Waals surface area contributed by atoms with Crippen molar-refractivity contribution in [1.82, 2.24) is 9.99 Å². The van der Waals surface area contributed by atoms with E-state index in [9.17, 15) is 45.5 Å². The Morgan fingerprint density at radius 1 is 0.784 bits per heavy atom. The predicted octanol–water partition coefficient (Wildman–Crippen LogP) is 13.3. The number of unbranched alkanes of at least 4 members (excludes halogenated alkanes) is 3. The van der Waals surface area contributed by atoms with E-state index in [1.165, 1.54) is 58.0 Å². The van der Waals surface area contributed by atoms with E-state index in [0.29, 0.717) is 46.8 Å². The van der Waals surface area contributed by atoms with Gasteiger partial charge in [-0.2, -0.15) is 31.6 Å². The van der Waals surface area contributed by atoms with E-state index in [4.69, 9.17) is 47.0 Å². The third kappa shape index (κ3) is 10.3. The maximum absolute atomic E-state index is 14.4. The molecule has 0 fully saturated rings. The number of amides is 3. The number of carbonyl (C=O) groups excluding carboxylic acids is 4. The second kappa shape index (κ2) is 20.7. The lowest BCUT2D eigenvalue weighted by molar-refractivity contribution is -0.171. The van der Waals surface area contributed by atoms with Crippen molar-refractivity contribution in [2.75, 3.05) is 29.6 Å². The highest BCUT2D eigenvalue weighted by molar-refractivity contribution is 7.44. The summed E-state index contributed by atoms with van der Waals surface area (Å²) in [6, 6.07) is 8.63. The number of halogens is 8. The first-order valence-electron chi connectivity index (χ1n) is 23.9. The minimum Gasteiger partial charge on any atom is -0.456 e. The molecule has 1 N–H and O–H groups in total. The van der Waals surface area contributed by atoms with Crippen LogP contribution in [0.3, 0.4) is 0 Å². The molecule has 7 rings (SSSR count). The molecule has 0 aromatic heterocycles. The monoisotopic (exact) mass is 1090 g/mol. The number of hydrogen-bond acceptors (Lipinski definition) is 10. The van der Waals surface area contributed by atoms with Crippen LogP contribution in [0.2, 0.25) is 10.0 Å². The van der Waals surface area contributed by atoms with Gasteiger partial charge in [-0.3, -0.25) is 24.2 Å². The molecule has 74 heavy (non-hydrogen) atoms. The van der Waals surface area contributed by atoms with Gasteiger partial charge in [-0.15, -0.1) is 0 Å². The lowest BCUT2D eigenvalue weighted by atomic mass is 9.74. The summed E-state index contributed by atoms with van der Waals surface area (Å²) in [4.78, 5) is 56.2. The van der Waals surface area contributed by atoms with Gasteiger partial charge in [-0.05, 0) is 111 Å². The predicted molar refractivity (Wildman–Crippen MR) is 269 cm³/mol. The minimum atomic E-state index is -5.34. The third-order valence-corrected chi connectivity index (χ3v) is 16.0. The van der Waals surface area contributed by atoms with E-state index in [1.807, 2.05) is 27.7 Å². The van der Waals surface area contributed by atoms with Gasteiger partial charge in [0.05, 0.1) is 69.3 Å². The Labute approximate surface area is 436 Å². The van der Waals surface area contributed by atoms with Crippen LogP contribution in [0.15, 0.2) is 42.5 Å². The molecule has 3 amide bonds. The molecule has 22 heteroatoms. The van der Waals surface area contributed by atoms with Crippen LogP contribution >= 0.6 is 31.7 Å². The van der Waals surface area contributed by atoms with Crippen molar-refractivity contribution in [3.05, 3.63) is 91.5 Å². The van der Waals surface area contributed by atoms with Crippen LogP contribution in [0.25, 0.3) is 11.1 Å². The summed E-state index contributed by atoms with van der Waals surface area (Å²) < 4.78 is 113. The highest BCUT2D eigenvalue weighted by Crippen LogP contribution is 2.62. The van der Waals surface area contributed by atoms with Crippen molar-refractivity contribution in [2.24, 2.45) is 0 Å². The molecule has 4 aliphatic rings. The molecule has 0 saturated carbocycles. The van der Waals surface area contributed by atoms with Crippen LogP contribution in [0.5, 0.6) is 11.5 Å². The number of carbonyl (C=O) groups is 4. The van der Waals surface area contributed by atoms with Crippen LogP contribution in [-0.2, 0) is 29.0 Å². The molecule has 1 atom stereocenters. The SMILES string of the molecule is CC1=CC(C)(C)N(C(=O)C(F)(F)F)c2cc3c(cc21)C1(OC(=O)c2c(Cl)cc(C(=O)NCCCCCCOP(OCCC#N)N(C(C)C)C(C)C)c(Cl)c21)c1cc2c(cc1O3)N(C(=O)C(F)(F)F)C(C)(C)C=C2C. The third-order valence-electron chi connectivity index (χ3n) is 13.2.